The topological polar surface area (TPSA) is 24.5 Å². The van der Waals surface area contributed by atoms with E-state index in [1.54, 1.807) is 7.11 Å². The Labute approximate surface area is 116 Å². The molecule has 0 aromatic heterocycles. The molecule has 3 nitrogen and oxygen atoms in total. The van der Waals surface area contributed by atoms with Crippen LogP contribution in [0.15, 0.2) is 24.3 Å². The van der Waals surface area contributed by atoms with E-state index in [1.807, 2.05) is 0 Å². The first kappa shape index (κ1) is 14.4. The Morgan fingerprint density at radius 3 is 2.89 bits per heavy atom. The van der Waals surface area contributed by atoms with Gasteiger partial charge >= 0.3 is 0 Å². The Balaban J connectivity index is 2.14. The third kappa shape index (κ3) is 3.71. The molecule has 1 aromatic carbocycles. The number of benzene rings is 1. The van der Waals surface area contributed by atoms with Gasteiger partial charge in [-0.05, 0) is 24.0 Å². The zero-order chi connectivity index (χ0) is 13.7. The largest absolute Gasteiger partial charge is 0.385 e. The van der Waals surface area contributed by atoms with Crippen molar-refractivity contribution in [2.24, 2.45) is 5.92 Å². The number of hydrogen-bond donors (Lipinski definition) is 1. The van der Waals surface area contributed by atoms with Crippen LogP contribution in [0.2, 0.25) is 0 Å². The van der Waals surface area contributed by atoms with Gasteiger partial charge in [-0.2, -0.15) is 0 Å². The predicted molar refractivity (Wildman–Crippen MR) is 80.6 cm³/mol. The van der Waals surface area contributed by atoms with Gasteiger partial charge in [0.05, 0.1) is 0 Å². The Kier molecular flexibility index (Phi) is 5.23. The van der Waals surface area contributed by atoms with Crippen molar-refractivity contribution in [1.29, 1.82) is 0 Å². The predicted octanol–water partition coefficient (Wildman–Crippen LogP) is 2.66. The minimum absolute atomic E-state index is 0.551. The number of anilines is 1. The van der Waals surface area contributed by atoms with E-state index in [0.717, 1.165) is 32.7 Å². The molecule has 1 unspecified atom stereocenters. The Morgan fingerprint density at radius 2 is 2.16 bits per heavy atom. The molecule has 19 heavy (non-hydrogen) atoms. The summed E-state index contributed by atoms with van der Waals surface area (Å²) in [6.45, 7) is 8.54. The molecule has 2 rings (SSSR count). The van der Waals surface area contributed by atoms with Crippen LogP contribution < -0.4 is 10.2 Å². The highest BCUT2D eigenvalue weighted by Crippen LogP contribution is 2.25. The van der Waals surface area contributed by atoms with Crippen LogP contribution >= 0.6 is 0 Å². The van der Waals surface area contributed by atoms with E-state index in [-0.39, 0.29) is 0 Å². The number of para-hydroxylation sites is 1. The van der Waals surface area contributed by atoms with Crippen molar-refractivity contribution in [3.05, 3.63) is 29.8 Å². The van der Waals surface area contributed by atoms with Crippen molar-refractivity contribution in [2.45, 2.75) is 32.9 Å². The molecule has 1 N–H and O–H groups in total. The summed E-state index contributed by atoms with van der Waals surface area (Å²) in [6, 6.07) is 9.29. The highest BCUT2D eigenvalue weighted by Gasteiger charge is 2.22. The van der Waals surface area contributed by atoms with Crippen LogP contribution in [0.25, 0.3) is 0 Å². The zero-order valence-electron chi connectivity index (χ0n) is 12.4. The van der Waals surface area contributed by atoms with E-state index in [1.165, 1.54) is 11.3 Å². The maximum atomic E-state index is 5.18. The van der Waals surface area contributed by atoms with Crippen molar-refractivity contribution in [3.8, 4) is 0 Å². The summed E-state index contributed by atoms with van der Waals surface area (Å²) in [4.78, 5) is 2.51. The van der Waals surface area contributed by atoms with Gasteiger partial charge in [-0.25, -0.2) is 0 Å². The molecule has 0 saturated heterocycles. The lowest BCUT2D eigenvalue weighted by Gasteiger charge is -2.29. The van der Waals surface area contributed by atoms with Crippen LogP contribution in [-0.4, -0.2) is 32.8 Å². The van der Waals surface area contributed by atoms with Gasteiger partial charge in [-0.3, -0.25) is 0 Å². The first-order valence-corrected chi connectivity index (χ1v) is 7.27. The summed E-state index contributed by atoms with van der Waals surface area (Å²) in [7, 11) is 1.77. The van der Waals surface area contributed by atoms with E-state index in [2.05, 4.69) is 48.3 Å². The van der Waals surface area contributed by atoms with Crippen LogP contribution in [-0.2, 0) is 11.3 Å². The first-order valence-electron chi connectivity index (χ1n) is 7.27. The van der Waals surface area contributed by atoms with Gasteiger partial charge in [0.25, 0.3) is 0 Å². The molecular weight excluding hydrogens is 236 g/mol. The second kappa shape index (κ2) is 6.92. The molecule has 0 fully saturated rings. The molecular formula is C16H26N2O. The molecule has 1 heterocycles. The standard InChI is InChI=1S/C16H26N2O/c1-13(2)15-12-18(9-6-10-19-3)16-8-5-4-7-14(16)11-17-15/h4-5,7-8,13,15,17H,6,9-12H2,1-3H3. The van der Waals surface area contributed by atoms with Gasteiger partial charge in [-0.1, -0.05) is 32.0 Å². The van der Waals surface area contributed by atoms with E-state index < -0.39 is 0 Å². The summed E-state index contributed by atoms with van der Waals surface area (Å²) in [5.41, 5.74) is 2.79. The van der Waals surface area contributed by atoms with Crippen molar-refractivity contribution in [3.63, 3.8) is 0 Å². The molecule has 3 heteroatoms. The fraction of sp³-hybridized carbons (Fsp3) is 0.625. The Bertz CT molecular complexity index is 392. The van der Waals surface area contributed by atoms with Gasteiger partial charge < -0.3 is 15.0 Å². The average molecular weight is 262 g/mol. The molecule has 1 aromatic rings. The Hall–Kier alpha value is -1.06. The molecule has 1 aliphatic rings. The molecule has 1 atom stereocenters. The fourth-order valence-corrected chi connectivity index (χ4v) is 2.67. The minimum Gasteiger partial charge on any atom is -0.385 e. The lowest BCUT2D eigenvalue weighted by Crippen LogP contribution is -2.42. The van der Waals surface area contributed by atoms with Gasteiger partial charge in [-0.15, -0.1) is 0 Å². The number of fused-ring (bicyclic) bond motifs is 1. The molecule has 1 aliphatic heterocycles. The van der Waals surface area contributed by atoms with E-state index in [9.17, 15) is 0 Å². The molecule has 0 aliphatic carbocycles. The summed E-state index contributed by atoms with van der Waals surface area (Å²) < 4.78 is 5.18. The number of methoxy groups -OCH3 is 1. The van der Waals surface area contributed by atoms with E-state index in [4.69, 9.17) is 4.74 Å². The number of nitrogens with one attached hydrogen (secondary N) is 1. The molecule has 0 amide bonds. The van der Waals surface area contributed by atoms with Gasteiger partial charge in [0.2, 0.25) is 0 Å². The molecule has 0 spiro atoms. The van der Waals surface area contributed by atoms with E-state index in [0.29, 0.717) is 12.0 Å². The summed E-state index contributed by atoms with van der Waals surface area (Å²) >= 11 is 0. The van der Waals surface area contributed by atoms with Gasteiger partial charge in [0, 0.05) is 45.1 Å². The summed E-state index contributed by atoms with van der Waals surface area (Å²) in [5.74, 6) is 0.652. The monoisotopic (exact) mass is 262 g/mol. The van der Waals surface area contributed by atoms with Crippen LogP contribution in [0.4, 0.5) is 5.69 Å². The maximum Gasteiger partial charge on any atom is 0.0479 e. The van der Waals surface area contributed by atoms with Crippen LogP contribution in [0.1, 0.15) is 25.8 Å². The van der Waals surface area contributed by atoms with Gasteiger partial charge in [0.15, 0.2) is 0 Å². The summed E-state index contributed by atoms with van der Waals surface area (Å²) in [6.07, 6.45) is 1.08. The van der Waals surface area contributed by atoms with Crippen molar-refractivity contribution >= 4 is 5.69 Å². The second-order valence-electron chi connectivity index (χ2n) is 5.65. The number of nitrogens with zero attached hydrogens (tertiary/aromatic N) is 1. The summed E-state index contributed by atoms with van der Waals surface area (Å²) in [5, 5.41) is 3.68. The first-order chi connectivity index (χ1) is 9.22. The highest BCUT2D eigenvalue weighted by atomic mass is 16.5. The molecule has 0 saturated carbocycles. The van der Waals surface area contributed by atoms with Crippen LogP contribution in [0, 0.1) is 5.92 Å². The SMILES string of the molecule is COCCCN1CC(C(C)C)NCc2ccccc21. The molecule has 0 radical (unpaired) electrons. The third-order valence-corrected chi connectivity index (χ3v) is 3.89. The van der Waals surface area contributed by atoms with Crippen molar-refractivity contribution in [1.82, 2.24) is 5.32 Å². The van der Waals surface area contributed by atoms with Crippen LogP contribution in [0.5, 0.6) is 0 Å². The average Bonchev–Trinajstić information content (AvgIpc) is 2.59. The highest BCUT2D eigenvalue weighted by molar-refractivity contribution is 5.54. The minimum atomic E-state index is 0.551. The maximum absolute atomic E-state index is 5.18. The lowest BCUT2D eigenvalue weighted by molar-refractivity contribution is 0.196. The molecule has 0 bridgehead atoms. The number of hydrogen-bond acceptors (Lipinski definition) is 3. The second-order valence-corrected chi connectivity index (χ2v) is 5.65. The fourth-order valence-electron chi connectivity index (χ4n) is 2.67. The normalized spacial score (nSPS) is 19.4. The van der Waals surface area contributed by atoms with Crippen LogP contribution in [0.3, 0.4) is 0 Å². The Morgan fingerprint density at radius 1 is 1.37 bits per heavy atom. The lowest BCUT2D eigenvalue weighted by atomic mass is 10.0. The van der Waals surface area contributed by atoms with E-state index >= 15 is 0 Å². The third-order valence-electron chi connectivity index (χ3n) is 3.89. The van der Waals surface area contributed by atoms with Gasteiger partial charge in [0.1, 0.15) is 0 Å². The smallest absolute Gasteiger partial charge is 0.0479 e. The van der Waals surface area contributed by atoms with Crippen molar-refractivity contribution in [2.75, 3.05) is 31.7 Å². The molecule has 106 valence electrons. The number of ether oxygens (including phenoxy) is 1. The number of rotatable bonds is 5. The quantitative estimate of drug-likeness (QED) is 0.826. The zero-order valence-corrected chi connectivity index (χ0v) is 12.4. The van der Waals surface area contributed by atoms with Crippen molar-refractivity contribution < 1.29 is 4.74 Å².